The Morgan fingerprint density at radius 1 is 1.19 bits per heavy atom. The van der Waals surface area contributed by atoms with Crippen LogP contribution in [0.5, 0.6) is 0 Å². The third kappa shape index (κ3) is 4.17. The number of aromatic carboxylic acids is 1. The molecule has 1 aromatic carbocycles. The van der Waals surface area contributed by atoms with E-state index >= 15 is 0 Å². The molecule has 1 aromatic heterocycles. The topological polar surface area (TPSA) is 91.3 Å². The molecule has 108 valence electrons. The summed E-state index contributed by atoms with van der Waals surface area (Å²) in [6.45, 7) is 0. The molecule has 1 heterocycles. The zero-order valence-electron chi connectivity index (χ0n) is 10.4. The minimum absolute atomic E-state index is 0.0201. The van der Waals surface area contributed by atoms with Gasteiger partial charge < -0.3 is 15.7 Å². The van der Waals surface area contributed by atoms with Crippen molar-refractivity contribution >= 4 is 50.9 Å². The molecule has 0 aliphatic rings. The third-order valence-electron chi connectivity index (χ3n) is 2.42. The van der Waals surface area contributed by atoms with Gasteiger partial charge in [0.2, 0.25) is 0 Å². The summed E-state index contributed by atoms with van der Waals surface area (Å²) in [4.78, 5) is 26.4. The molecule has 8 heteroatoms. The number of anilines is 2. The van der Waals surface area contributed by atoms with Crippen molar-refractivity contribution in [3.8, 4) is 0 Å². The van der Waals surface area contributed by atoms with Crippen molar-refractivity contribution in [1.29, 1.82) is 0 Å². The van der Waals surface area contributed by atoms with Crippen LogP contribution in [0, 0.1) is 0 Å². The lowest BCUT2D eigenvalue weighted by atomic mass is 10.2. The van der Waals surface area contributed by atoms with Crippen molar-refractivity contribution < 1.29 is 14.7 Å². The fourth-order valence-electron chi connectivity index (χ4n) is 1.50. The van der Waals surface area contributed by atoms with Crippen LogP contribution in [0.15, 0.2) is 41.1 Å². The Kier molecular flexibility index (Phi) is 4.77. The fraction of sp³-hybridized carbons (Fsp3) is 0. The zero-order chi connectivity index (χ0) is 15.4. The number of halogens is 2. The van der Waals surface area contributed by atoms with Crippen LogP contribution in [0.3, 0.4) is 0 Å². The molecule has 0 saturated heterocycles. The zero-order valence-corrected chi connectivity index (χ0v) is 12.8. The molecule has 3 N–H and O–H groups in total. The van der Waals surface area contributed by atoms with Gasteiger partial charge in [-0.2, -0.15) is 0 Å². The van der Waals surface area contributed by atoms with Crippen LogP contribution in [-0.4, -0.2) is 22.1 Å². The van der Waals surface area contributed by atoms with Gasteiger partial charge in [0.15, 0.2) is 0 Å². The molecule has 0 atom stereocenters. The summed E-state index contributed by atoms with van der Waals surface area (Å²) in [7, 11) is 0. The molecule has 2 rings (SSSR count). The quantitative estimate of drug-likeness (QED) is 0.765. The van der Waals surface area contributed by atoms with Gasteiger partial charge in [-0.3, -0.25) is 4.98 Å². The molecule has 6 nitrogen and oxygen atoms in total. The highest BCUT2D eigenvalue weighted by atomic mass is 79.9. The molecular weight excluding hydrogens is 362 g/mol. The lowest BCUT2D eigenvalue weighted by molar-refractivity contribution is 0.0696. The molecule has 0 saturated carbocycles. The van der Waals surface area contributed by atoms with E-state index in [1.54, 1.807) is 18.2 Å². The van der Waals surface area contributed by atoms with E-state index in [-0.39, 0.29) is 11.3 Å². The molecule has 0 radical (unpaired) electrons. The van der Waals surface area contributed by atoms with Crippen molar-refractivity contribution in [2.45, 2.75) is 0 Å². The van der Waals surface area contributed by atoms with Crippen LogP contribution in [0.4, 0.5) is 16.2 Å². The molecule has 0 aliphatic heterocycles. The van der Waals surface area contributed by atoms with E-state index in [4.69, 9.17) is 16.7 Å². The molecule has 0 aliphatic carbocycles. The van der Waals surface area contributed by atoms with Crippen LogP contribution in [0.25, 0.3) is 0 Å². The Hall–Kier alpha value is -2.12. The summed E-state index contributed by atoms with van der Waals surface area (Å²) in [6.07, 6.45) is 2.53. The SMILES string of the molecule is O=C(Nc1cncc(C(=O)O)c1)Nc1cc(Br)ccc1Cl. The highest BCUT2D eigenvalue weighted by Gasteiger charge is 2.09. The third-order valence-corrected chi connectivity index (χ3v) is 3.24. The highest BCUT2D eigenvalue weighted by Crippen LogP contribution is 2.25. The van der Waals surface area contributed by atoms with Crippen LogP contribution < -0.4 is 10.6 Å². The number of hydrogen-bond donors (Lipinski definition) is 3. The number of carbonyl (C=O) groups is 2. The van der Waals surface area contributed by atoms with Crippen molar-refractivity contribution in [1.82, 2.24) is 4.98 Å². The molecule has 2 amide bonds. The number of carbonyl (C=O) groups excluding carboxylic acids is 1. The number of pyridine rings is 1. The van der Waals surface area contributed by atoms with Crippen molar-refractivity contribution in [2.24, 2.45) is 0 Å². The summed E-state index contributed by atoms with van der Waals surface area (Å²) in [5.41, 5.74) is 0.665. The van der Waals surface area contributed by atoms with Crippen molar-refractivity contribution in [3.63, 3.8) is 0 Å². The Bertz CT molecular complexity index is 709. The average molecular weight is 371 g/mol. The number of rotatable bonds is 3. The van der Waals surface area contributed by atoms with Crippen LogP contribution in [0.2, 0.25) is 5.02 Å². The van der Waals surface area contributed by atoms with E-state index in [0.717, 1.165) is 4.47 Å². The number of nitrogens with one attached hydrogen (secondary N) is 2. The van der Waals surface area contributed by atoms with E-state index < -0.39 is 12.0 Å². The second kappa shape index (κ2) is 6.55. The minimum atomic E-state index is -1.12. The molecule has 2 aromatic rings. The van der Waals surface area contributed by atoms with Crippen LogP contribution in [-0.2, 0) is 0 Å². The van der Waals surface area contributed by atoms with Gasteiger partial charge >= 0.3 is 12.0 Å². The number of carboxylic acids is 1. The Balaban J connectivity index is 2.10. The fourth-order valence-corrected chi connectivity index (χ4v) is 2.03. The number of benzene rings is 1. The van der Waals surface area contributed by atoms with Gasteiger partial charge in [0.1, 0.15) is 0 Å². The first-order chi connectivity index (χ1) is 9.95. The Morgan fingerprint density at radius 2 is 1.95 bits per heavy atom. The number of aromatic nitrogens is 1. The Labute approximate surface area is 133 Å². The first-order valence-electron chi connectivity index (χ1n) is 5.67. The predicted octanol–water partition coefficient (Wildman–Crippen LogP) is 3.84. The van der Waals surface area contributed by atoms with E-state index in [2.05, 4.69) is 31.5 Å². The maximum absolute atomic E-state index is 11.9. The number of nitrogens with zero attached hydrogens (tertiary/aromatic N) is 1. The van der Waals surface area contributed by atoms with Gasteiger partial charge in [0.05, 0.1) is 28.2 Å². The summed E-state index contributed by atoms with van der Waals surface area (Å²) in [5.74, 6) is -1.12. The summed E-state index contributed by atoms with van der Waals surface area (Å²) in [5, 5.41) is 14.3. The first-order valence-corrected chi connectivity index (χ1v) is 6.84. The summed E-state index contributed by atoms with van der Waals surface area (Å²) in [6, 6.07) is 5.77. The molecular formula is C13H9BrClN3O3. The van der Waals surface area contributed by atoms with Gasteiger partial charge in [-0.25, -0.2) is 9.59 Å². The average Bonchev–Trinajstić information content (AvgIpc) is 2.43. The molecule has 0 unspecified atom stereocenters. The Morgan fingerprint density at radius 3 is 2.67 bits per heavy atom. The highest BCUT2D eigenvalue weighted by molar-refractivity contribution is 9.10. The normalized spacial score (nSPS) is 10.0. The first kappa shape index (κ1) is 15.3. The second-order valence-electron chi connectivity index (χ2n) is 3.97. The minimum Gasteiger partial charge on any atom is -0.478 e. The van der Waals surface area contributed by atoms with Crippen LogP contribution in [0.1, 0.15) is 10.4 Å². The number of urea groups is 1. The van der Waals surface area contributed by atoms with Gasteiger partial charge in [0.25, 0.3) is 0 Å². The maximum Gasteiger partial charge on any atom is 0.337 e. The number of amides is 2. The summed E-state index contributed by atoms with van der Waals surface area (Å²) < 4.78 is 0.761. The van der Waals surface area contributed by atoms with Crippen LogP contribution >= 0.6 is 27.5 Å². The molecule has 0 bridgehead atoms. The lowest BCUT2D eigenvalue weighted by Crippen LogP contribution is -2.20. The molecule has 21 heavy (non-hydrogen) atoms. The maximum atomic E-state index is 11.9. The van der Waals surface area contributed by atoms with E-state index in [0.29, 0.717) is 10.7 Å². The molecule has 0 spiro atoms. The van der Waals surface area contributed by atoms with Gasteiger partial charge in [-0.1, -0.05) is 27.5 Å². The van der Waals surface area contributed by atoms with E-state index in [1.807, 2.05) is 0 Å². The van der Waals surface area contributed by atoms with E-state index in [1.165, 1.54) is 18.5 Å². The van der Waals surface area contributed by atoms with Gasteiger partial charge in [0, 0.05) is 10.7 Å². The lowest BCUT2D eigenvalue weighted by Gasteiger charge is -2.09. The summed E-state index contributed by atoms with van der Waals surface area (Å²) >= 11 is 9.23. The monoisotopic (exact) mass is 369 g/mol. The molecule has 0 fully saturated rings. The number of carboxylic acid groups (broad SMARTS) is 1. The standard InChI is InChI=1S/C13H9BrClN3O3/c14-8-1-2-10(15)11(4-8)18-13(21)17-9-3-7(12(19)20)5-16-6-9/h1-6H,(H,19,20)(H2,17,18,21). The number of hydrogen-bond acceptors (Lipinski definition) is 3. The largest absolute Gasteiger partial charge is 0.478 e. The second-order valence-corrected chi connectivity index (χ2v) is 5.29. The van der Waals surface area contributed by atoms with E-state index in [9.17, 15) is 9.59 Å². The van der Waals surface area contributed by atoms with Gasteiger partial charge in [-0.05, 0) is 24.3 Å². The van der Waals surface area contributed by atoms with Gasteiger partial charge in [-0.15, -0.1) is 0 Å². The predicted molar refractivity (Wildman–Crippen MR) is 83.0 cm³/mol. The van der Waals surface area contributed by atoms with Crippen molar-refractivity contribution in [2.75, 3.05) is 10.6 Å². The van der Waals surface area contributed by atoms with Crippen molar-refractivity contribution in [3.05, 3.63) is 51.7 Å². The smallest absolute Gasteiger partial charge is 0.337 e.